The second-order valence-corrected chi connectivity index (χ2v) is 6.45. The second kappa shape index (κ2) is 9.53. The number of carbonyl (C=O) groups excluding carboxylic acids is 2. The van der Waals surface area contributed by atoms with Crippen LogP contribution in [0.25, 0.3) is 0 Å². The van der Waals surface area contributed by atoms with Crippen LogP contribution in [0.3, 0.4) is 0 Å². The Kier molecular flexibility index (Phi) is 7.39. The number of ether oxygens (including phenoxy) is 1. The van der Waals surface area contributed by atoms with Crippen molar-refractivity contribution in [1.82, 2.24) is 15.4 Å². The smallest absolute Gasteiger partial charge is 0.243 e. The van der Waals surface area contributed by atoms with E-state index >= 15 is 0 Å². The Morgan fingerprint density at radius 1 is 1.44 bits per heavy atom. The molecule has 0 spiro atoms. The maximum absolute atomic E-state index is 12.3. The molecule has 1 aromatic rings. The molecule has 0 saturated carbocycles. The molecule has 0 aliphatic carbocycles. The summed E-state index contributed by atoms with van der Waals surface area (Å²) in [4.78, 5) is 26.5. The third-order valence-corrected chi connectivity index (χ3v) is 4.53. The number of rotatable bonds is 8. The first-order chi connectivity index (χ1) is 12.0. The lowest BCUT2D eigenvalue weighted by molar-refractivity contribution is -0.127. The van der Waals surface area contributed by atoms with E-state index in [4.69, 9.17) is 9.26 Å². The first-order valence-electron chi connectivity index (χ1n) is 8.76. The molecule has 2 rings (SSSR count). The molecule has 1 aliphatic heterocycles. The standard InChI is InChI=1S/C17H28N4O4/c1-12-11-15(25-20-12)19-16(22)13(2)21-8-5-14(6-9-21)17(23)18-7-4-10-24-3/h11,13-14H,4-10H2,1-3H3,(H,18,23)(H,19,22). The summed E-state index contributed by atoms with van der Waals surface area (Å²) >= 11 is 0. The summed E-state index contributed by atoms with van der Waals surface area (Å²) < 4.78 is 9.98. The Morgan fingerprint density at radius 2 is 2.16 bits per heavy atom. The molecule has 1 fully saturated rings. The van der Waals surface area contributed by atoms with E-state index in [0.717, 1.165) is 38.0 Å². The Hall–Kier alpha value is -1.93. The number of likely N-dealkylation sites (tertiary alicyclic amines) is 1. The van der Waals surface area contributed by atoms with E-state index in [1.54, 1.807) is 20.1 Å². The first-order valence-corrected chi connectivity index (χ1v) is 8.76. The third-order valence-electron chi connectivity index (χ3n) is 4.53. The zero-order chi connectivity index (χ0) is 18.2. The summed E-state index contributed by atoms with van der Waals surface area (Å²) in [5.74, 6) is 0.356. The highest BCUT2D eigenvalue weighted by Crippen LogP contribution is 2.20. The van der Waals surface area contributed by atoms with Crippen LogP contribution in [0.4, 0.5) is 5.88 Å². The van der Waals surface area contributed by atoms with E-state index in [1.165, 1.54) is 0 Å². The number of nitrogens with one attached hydrogen (secondary N) is 2. The van der Waals surface area contributed by atoms with Crippen molar-refractivity contribution in [3.8, 4) is 0 Å². The normalized spacial score (nSPS) is 17.2. The van der Waals surface area contributed by atoms with E-state index in [2.05, 4.69) is 20.7 Å². The summed E-state index contributed by atoms with van der Waals surface area (Å²) in [6.07, 6.45) is 2.34. The maximum atomic E-state index is 12.3. The van der Waals surface area contributed by atoms with Gasteiger partial charge in [-0.3, -0.25) is 19.8 Å². The number of amides is 2. The molecule has 0 bridgehead atoms. The maximum Gasteiger partial charge on any atom is 0.243 e. The summed E-state index contributed by atoms with van der Waals surface area (Å²) in [7, 11) is 1.65. The van der Waals surface area contributed by atoms with Crippen LogP contribution in [-0.2, 0) is 14.3 Å². The van der Waals surface area contributed by atoms with Crippen LogP contribution in [0, 0.1) is 12.8 Å². The number of hydrogen-bond donors (Lipinski definition) is 2. The van der Waals surface area contributed by atoms with E-state index in [0.29, 0.717) is 19.0 Å². The van der Waals surface area contributed by atoms with E-state index in [-0.39, 0.29) is 23.8 Å². The highest BCUT2D eigenvalue weighted by molar-refractivity contribution is 5.93. The largest absolute Gasteiger partial charge is 0.385 e. The summed E-state index contributed by atoms with van der Waals surface area (Å²) in [5.41, 5.74) is 0.722. The van der Waals surface area contributed by atoms with Crippen LogP contribution in [-0.4, -0.2) is 61.3 Å². The molecule has 25 heavy (non-hydrogen) atoms. The fourth-order valence-corrected chi connectivity index (χ4v) is 2.94. The zero-order valence-electron chi connectivity index (χ0n) is 15.2. The molecule has 1 atom stereocenters. The minimum atomic E-state index is -0.281. The molecule has 8 nitrogen and oxygen atoms in total. The summed E-state index contributed by atoms with van der Waals surface area (Å²) in [6, 6.07) is 1.40. The molecular formula is C17H28N4O4. The fourth-order valence-electron chi connectivity index (χ4n) is 2.94. The molecular weight excluding hydrogens is 324 g/mol. The summed E-state index contributed by atoms with van der Waals surface area (Å²) in [5, 5.41) is 9.44. The molecule has 1 saturated heterocycles. The average Bonchev–Trinajstić information content (AvgIpc) is 3.02. The molecule has 1 aliphatic rings. The minimum Gasteiger partial charge on any atom is -0.385 e. The van der Waals surface area contributed by atoms with Crippen LogP contribution in [0.15, 0.2) is 10.6 Å². The first kappa shape index (κ1) is 19.4. The number of nitrogens with zero attached hydrogens (tertiary/aromatic N) is 2. The number of anilines is 1. The van der Waals surface area contributed by atoms with Crippen LogP contribution < -0.4 is 10.6 Å². The van der Waals surface area contributed by atoms with Gasteiger partial charge < -0.3 is 14.6 Å². The number of piperidine rings is 1. The van der Waals surface area contributed by atoms with Gasteiger partial charge in [-0.1, -0.05) is 5.16 Å². The Labute approximate surface area is 148 Å². The van der Waals surface area contributed by atoms with Gasteiger partial charge in [0.25, 0.3) is 0 Å². The average molecular weight is 352 g/mol. The van der Waals surface area contributed by atoms with E-state index < -0.39 is 0 Å². The predicted octanol–water partition coefficient (Wildman–Crippen LogP) is 1.17. The highest BCUT2D eigenvalue weighted by Gasteiger charge is 2.29. The number of methoxy groups -OCH3 is 1. The molecule has 2 N–H and O–H groups in total. The van der Waals surface area contributed by atoms with Crippen molar-refractivity contribution in [3.05, 3.63) is 11.8 Å². The van der Waals surface area contributed by atoms with Crippen molar-refractivity contribution in [2.24, 2.45) is 5.92 Å². The fraction of sp³-hybridized carbons (Fsp3) is 0.706. The van der Waals surface area contributed by atoms with Gasteiger partial charge in [0, 0.05) is 32.2 Å². The lowest BCUT2D eigenvalue weighted by atomic mass is 9.95. The molecule has 2 amide bonds. The van der Waals surface area contributed by atoms with Crippen LogP contribution in [0.2, 0.25) is 0 Å². The van der Waals surface area contributed by atoms with Crippen molar-refractivity contribution in [2.45, 2.75) is 39.2 Å². The van der Waals surface area contributed by atoms with Gasteiger partial charge in [-0.05, 0) is 46.2 Å². The van der Waals surface area contributed by atoms with Crippen molar-refractivity contribution in [2.75, 3.05) is 38.7 Å². The molecule has 8 heteroatoms. The van der Waals surface area contributed by atoms with Gasteiger partial charge in [0.15, 0.2) is 0 Å². The molecule has 0 aromatic carbocycles. The van der Waals surface area contributed by atoms with Crippen molar-refractivity contribution in [1.29, 1.82) is 0 Å². The third kappa shape index (κ3) is 5.82. The van der Waals surface area contributed by atoms with Gasteiger partial charge in [-0.25, -0.2) is 0 Å². The SMILES string of the molecule is COCCCNC(=O)C1CCN(C(C)C(=O)Nc2cc(C)no2)CC1. The van der Waals surface area contributed by atoms with Gasteiger partial charge in [-0.15, -0.1) is 0 Å². The van der Waals surface area contributed by atoms with Crippen molar-refractivity contribution in [3.63, 3.8) is 0 Å². The quantitative estimate of drug-likeness (QED) is 0.682. The number of aromatic nitrogens is 1. The lowest BCUT2D eigenvalue weighted by Gasteiger charge is -2.34. The van der Waals surface area contributed by atoms with Crippen molar-refractivity contribution < 1.29 is 18.8 Å². The Morgan fingerprint density at radius 3 is 2.76 bits per heavy atom. The number of hydrogen-bond acceptors (Lipinski definition) is 6. The van der Waals surface area contributed by atoms with E-state index in [1.807, 2.05) is 6.92 Å². The van der Waals surface area contributed by atoms with Crippen molar-refractivity contribution >= 4 is 17.7 Å². The predicted molar refractivity (Wildman–Crippen MR) is 93.1 cm³/mol. The van der Waals surface area contributed by atoms with Gasteiger partial charge in [0.05, 0.1) is 11.7 Å². The van der Waals surface area contributed by atoms with Gasteiger partial charge >= 0.3 is 0 Å². The monoisotopic (exact) mass is 352 g/mol. The zero-order valence-corrected chi connectivity index (χ0v) is 15.2. The lowest BCUT2D eigenvalue weighted by Crippen LogP contribution is -2.48. The Bertz CT molecular complexity index is 567. The molecule has 0 radical (unpaired) electrons. The van der Waals surface area contributed by atoms with Crippen LogP contribution >= 0.6 is 0 Å². The Balaban J connectivity index is 1.73. The number of carbonyl (C=O) groups is 2. The van der Waals surface area contributed by atoms with Gasteiger partial charge in [0.2, 0.25) is 17.7 Å². The second-order valence-electron chi connectivity index (χ2n) is 6.45. The minimum absolute atomic E-state index is 0.0194. The summed E-state index contributed by atoms with van der Waals surface area (Å²) in [6.45, 7) is 6.40. The topological polar surface area (TPSA) is 96.7 Å². The van der Waals surface area contributed by atoms with Gasteiger partial charge in [0.1, 0.15) is 0 Å². The number of aryl methyl sites for hydroxylation is 1. The van der Waals surface area contributed by atoms with Crippen LogP contribution in [0.5, 0.6) is 0 Å². The molecule has 1 unspecified atom stereocenters. The molecule has 1 aromatic heterocycles. The molecule has 140 valence electrons. The molecule has 2 heterocycles. The van der Waals surface area contributed by atoms with Crippen LogP contribution in [0.1, 0.15) is 31.9 Å². The van der Waals surface area contributed by atoms with Gasteiger partial charge in [-0.2, -0.15) is 0 Å². The van der Waals surface area contributed by atoms with E-state index in [9.17, 15) is 9.59 Å². The highest BCUT2D eigenvalue weighted by atomic mass is 16.5.